The van der Waals surface area contributed by atoms with Crippen molar-refractivity contribution in [2.24, 2.45) is 22.1 Å². The molecule has 0 rings (SSSR count). The van der Waals surface area contributed by atoms with Crippen molar-refractivity contribution in [1.82, 2.24) is 0 Å². The van der Waals surface area contributed by atoms with E-state index < -0.39 is 11.1 Å². The van der Waals surface area contributed by atoms with Crippen molar-refractivity contribution in [1.29, 1.82) is 10.5 Å². The molecule has 0 aliphatic carbocycles. The molecule has 0 N–H and O–H groups in total. The summed E-state index contributed by atoms with van der Waals surface area (Å²) in [4.78, 5) is 0. The van der Waals surface area contributed by atoms with Crippen LogP contribution in [0.1, 0.15) is 67.2 Å². The summed E-state index contributed by atoms with van der Waals surface area (Å²) in [6.45, 7) is 12.0. The monoisotopic (exact) mass is 276 g/mol. The normalized spacial score (nSPS) is 20.4. The molecule has 0 aromatic rings. The Morgan fingerprint density at radius 3 is 1.35 bits per heavy atom. The maximum atomic E-state index is 9.34. The predicted molar refractivity (Wildman–Crippen MR) is 81.0 cm³/mol. The molecule has 0 saturated carbocycles. The highest BCUT2D eigenvalue weighted by Crippen LogP contribution is 2.27. The lowest BCUT2D eigenvalue weighted by atomic mass is 9.89. The van der Waals surface area contributed by atoms with E-state index >= 15 is 0 Å². The minimum Gasteiger partial charge on any atom is -0.196 e. The van der Waals surface area contributed by atoms with Gasteiger partial charge in [0.25, 0.3) is 0 Å². The van der Waals surface area contributed by atoms with E-state index in [1.165, 1.54) is 0 Å². The van der Waals surface area contributed by atoms with Crippen LogP contribution in [0.2, 0.25) is 0 Å². The first-order chi connectivity index (χ1) is 9.24. The summed E-state index contributed by atoms with van der Waals surface area (Å²) in [6, 6.07) is 4.48. The highest BCUT2D eigenvalue weighted by Gasteiger charge is 2.30. The topological polar surface area (TPSA) is 72.3 Å². The predicted octanol–water partition coefficient (Wildman–Crippen LogP) is 4.88. The third-order valence-corrected chi connectivity index (χ3v) is 3.86. The van der Waals surface area contributed by atoms with Crippen molar-refractivity contribution < 1.29 is 0 Å². The number of rotatable bonds is 8. The van der Waals surface area contributed by atoms with Gasteiger partial charge in [0.1, 0.15) is 0 Å². The number of nitrogens with zero attached hydrogens (tertiary/aromatic N) is 4. The smallest absolute Gasteiger partial charge is 0.165 e. The van der Waals surface area contributed by atoms with Gasteiger partial charge in [-0.1, -0.05) is 40.5 Å². The molecule has 0 radical (unpaired) electrons. The summed E-state index contributed by atoms with van der Waals surface area (Å²) in [5.74, 6) is 0.836. The first kappa shape index (κ1) is 18.6. The van der Waals surface area contributed by atoms with Crippen molar-refractivity contribution in [2.45, 2.75) is 78.3 Å². The molecule has 112 valence electrons. The Balaban J connectivity index is 5.02. The second kappa shape index (κ2) is 8.00. The van der Waals surface area contributed by atoms with Gasteiger partial charge in [0.15, 0.2) is 11.1 Å². The van der Waals surface area contributed by atoms with Crippen molar-refractivity contribution in [3.63, 3.8) is 0 Å². The second-order valence-corrected chi connectivity index (χ2v) is 6.41. The summed E-state index contributed by atoms with van der Waals surface area (Å²) in [7, 11) is 0. The number of nitriles is 2. The number of azo groups is 1. The maximum Gasteiger partial charge on any atom is 0.165 e. The van der Waals surface area contributed by atoms with Crippen LogP contribution in [0.25, 0.3) is 0 Å². The molecule has 0 fully saturated rings. The van der Waals surface area contributed by atoms with Gasteiger partial charge >= 0.3 is 0 Å². The van der Waals surface area contributed by atoms with Gasteiger partial charge < -0.3 is 0 Å². The lowest BCUT2D eigenvalue weighted by Crippen LogP contribution is -2.26. The minimum atomic E-state index is -0.830. The Hall–Kier alpha value is -1.42. The van der Waals surface area contributed by atoms with Crippen LogP contribution in [0, 0.1) is 34.5 Å². The molecule has 4 nitrogen and oxygen atoms in total. The molecule has 0 aliphatic rings. The Labute approximate surface area is 123 Å². The highest BCUT2D eigenvalue weighted by atomic mass is 15.2. The molecule has 4 heteroatoms. The first-order valence-electron chi connectivity index (χ1n) is 7.50. The van der Waals surface area contributed by atoms with E-state index in [0.29, 0.717) is 24.7 Å². The Bertz CT molecular complexity index is 366. The zero-order valence-corrected chi connectivity index (χ0v) is 13.8. The molecule has 4 atom stereocenters. The molecule has 0 heterocycles. The molecule has 4 unspecified atom stereocenters. The Morgan fingerprint density at radius 1 is 0.850 bits per heavy atom. The Morgan fingerprint density at radius 2 is 1.15 bits per heavy atom. The van der Waals surface area contributed by atoms with Crippen LogP contribution in [-0.2, 0) is 0 Å². The van der Waals surface area contributed by atoms with Crippen molar-refractivity contribution >= 4 is 0 Å². The zero-order chi connectivity index (χ0) is 15.8. The van der Waals surface area contributed by atoms with Crippen LogP contribution in [0.4, 0.5) is 0 Å². The molecule has 20 heavy (non-hydrogen) atoms. The van der Waals surface area contributed by atoms with Crippen molar-refractivity contribution in [2.75, 3.05) is 0 Å². The second-order valence-electron chi connectivity index (χ2n) is 6.41. The summed E-state index contributed by atoms with van der Waals surface area (Å²) < 4.78 is 0. The molecule has 0 amide bonds. The average molecular weight is 276 g/mol. The number of hydrogen-bond donors (Lipinski definition) is 0. The van der Waals surface area contributed by atoms with Gasteiger partial charge in [-0.15, -0.1) is 0 Å². The molecule has 0 bridgehead atoms. The van der Waals surface area contributed by atoms with Gasteiger partial charge in [-0.2, -0.15) is 20.8 Å². The van der Waals surface area contributed by atoms with E-state index in [-0.39, 0.29) is 0 Å². The highest BCUT2D eigenvalue weighted by molar-refractivity contribution is 5.08. The molecule has 0 aromatic carbocycles. The average Bonchev–Trinajstić information content (AvgIpc) is 2.45. The third kappa shape index (κ3) is 6.15. The zero-order valence-electron chi connectivity index (χ0n) is 13.8. The van der Waals surface area contributed by atoms with Crippen molar-refractivity contribution in [3.05, 3.63) is 0 Å². The molecule has 0 spiro atoms. The van der Waals surface area contributed by atoms with E-state index in [1.807, 2.05) is 0 Å². The number of hydrogen-bond acceptors (Lipinski definition) is 4. The molecule has 0 aromatic heterocycles. The molecule has 0 saturated heterocycles. The van der Waals surface area contributed by atoms with Gasteiger partial charge in [0.2, 0.25) is 0 Å². The van der Waals surface area contributed by atoms with Crippen LogP contribution in [-0.4, -0.2) is 11.1 Å². The van der Waals surface area contributed by atoms with Crippen LogP contribution in [0.5, 0.6) is 0 Å². The van der Waals surface area contributed by atoms with Gasteiger partial charge in [-0.3, -0.25) is 0 Å². The largest absolute Gasteiger partial charge is 0.196 e. The van der Waals surface area contributed by atoms with Gasteiger partial charge in [-0.05, 0) is 38.5 Å². The summed E-state index contributed by atoms with van der Waals surface area (Å²) in [5.41, 5.74) is -1.66. The third-order valence-electron chi connectivity index (χ3n) is 3.86. The SMILES string of the molecule is CCC(C)CC(C)(C#N)N=NC(C)(C#N)CC(C)CC. The van der Waals surface area contributed by atoms with E-state index in [4.69, 9.17) is 0 Å². The first-order valence-corrected chi connectivity index (χ1v) is 7.50. The molecule has 0 aliphatic heterocycles. The lowest BCUT2D eigenvalue weighted by Gasteiger charge is -2.23. The van der Waals surface area contributed by atoms with E-state index in [1.54, 1.807) is 13.8 Å². The lowest BCUT2D eigenvalue weighted by molar-refractivity contribution is 0.361. The molecular weight excluding hydrogens is 248 g/mol. The van der Waals surface area contributed by atoms with Crippen LogP contribution < -0.4 is 0 Å². The summed E-state index contributed by atoms with van der Waals surface area (Å²) in [6.07, 6.45) is 3.37. The fourth-order valence-electron chi connectivity index (χ4n) is 2.08. The van der Waals surface area contributed by atoms with E-state index in [9.17, 15) is 10.5 Å². The quantitative estimate of drug-likeness (QED) is 0.593. The van der Waals surface area contributed by atoms with Crippen LogP contribution in [0.3, 0.4) is 0 Å². The van der Waals surface area contributed by atoms with E-state index in [0.717, 1.165) is 12.8 Å². The summed E-state index contributed by atoms with van der Waals surface area (Å²) in [5, 5.41) is 27.1. The van der Waals surface area contributed by atoms with Crippen molar-refractivity contribution in [3.8, 4) is 12.1 Å². The van der Waals surface area contributed by atoms with Crippen LogP contribution in [0.15, 0.2) is 10.2 Å². The maximum absolute atomic E-state index is 9.34. The van der Waals surface area contributed by atoms with Gasteiger partial charge in [-0.25, -0.2) is 0 Å². The fourth-order valence-corrected chi connectivity index (χ4v) is 2.08. The minimum absolute atomic E-state index is 0.418. The molecular formula is C16H28N4. The van der Waals surface area contributed by atoms with E-state index in [2.05, 4.69) is 50.1 Å². The summed E-state index contributed by atoms with van der Waals surface area (Å²) >= 11 is 0. The van der Waals surface area contributed by atoms with Crippen LogP contribution >= 0.6 is 0 Å². The van der Waals surface area contributed by atoms with Gasteiger partial charge in [0, 0.05) is 0 Å². The standard InChI is InChI=1S/C16H28N4/c1-7-13(3)9-15(5,11-17)19-20-16(6,12-18)10-14(4)8-2/h13-14H,7-10H2,1-6H3. The fraction of sp³-hybridized carbons (Fsp3) is 0.875. The Kier molecular flexibility index (Phi) is 7.43. The van der Waals surface area contributed by atoms with Gasteiger partial charge in [0.05, 0.1) is 12.1 Å².